The van der Waals surface area contributed by atoms with Crippen molar-refractivity contribution in [1.82, 2.24) is 9.97 Å². The third kappa shape index (κ3) is 5.85. The SMILES string of the molecule is c1ccc(-c2cc(-c3ccc4c(-c5ccccc5)c5cc(-c6ccc7c(c6)C6(CCCC6)c6ccccc6-7)ccc5c(-c5ccccc5)c4c3)nc(-c3ccccc3)n2)cc1. The molecule has 10 aromatic rings. The molecule has 0 saturated heterocycles. The Balaban J connectivity index is 1.10. The predicted molar refractivity (Wildman–Crippen MR) is 254 cm³/mol. The van der Waals surface area contributed by atoms with Gasteiger partial charge in [0.2, 0.25) is 0 Å². The minimum atomic E-state index is 0.121. The van der Waals surface area contributed by atoms with Crippen molar-refractivity contribution in [2.24, 2.45) is 0 Å². The van der Waals surface area contributed by atoms with Gasteiger partial charge in [0.1, 0.15) is 0 Å². The summed E-state index contributed by atoms with van der Waals surface area (Å²) in [6, 6.07) is 75.3. The van der Waals surface area contributed by atoms with Gasteiger partial charge in [-0.1, -0.05) is 195 Å². The minimum absolute atomic E-state index is 0.121. The number of fused-ring (bicyclic) bond motifs is 7. The molecular weight excluding hydrogens is 737 g/mol. The Kier molecular flexibility index (Phi) is 8.38. The maximum Gasteiger partial charge on any atom is 0.160 e. The topological polar surface area (TPSA) is 25.8 Å². The molecule has 12 rings (SSSR count). The summed E-state index contributed by atoms with van der Waals surface area (Å²) in [7, 11) is 0. The van der Waals surface area contributed by atoms with Crippen molar-refractivity contribution in [3.8, 4) is 78.4 Å². The highest BCUT2D eigenvalue weighted by Crippen LogP contribution is 2.57. The van der Waals surface area contributed by atoms with Gasteiger partial charge in [-0.05, 0) is 114 Å². The zero-order valence-electron chi connectivity index (χ0n) is 33.9. The van der Waals surface area contributed by atoms with E-state index in [2.05, 4.69) is 182 Å². The first-order chi connectivity index (χ1) is 30.2. The fourth-order valence-corrected chi connectivity index (χ4v) is 10.6. The number of hydrogen-bond acceptors (Lipinski definition) is 2. The van der Waals surface area contributed by atoms with E-state index < -0.39 is 0 Å². The molecule has 0 atom stereocenters. The molecule has 9 aromatic carbocycles. The second kappa shape index (κ2) is 14.4. The fraction of sp³-hybridized carbons (Fsp3) is 0.0847. The molecule has 2 aliphatic rings. The molecule has 0 amide bonds. The van der Waals surface area contributed by atoms with E-state index in [4.69, 9.17) is 9.97 Å². The predicted octanol–water partition coefficient (Wildman–Crippen LogP) is 15.6. The second-order valence-corrected chi connectivity index (χ2v) is 16.8. The summed E-state index contributed by atoms with van der Waals surface area (Å²) in [5, 5.41) is 4.90. The lowest BCUT2D eigenvalue weighted by atomic mass is 9.76. The number of hydrogen-bond donors (Lipinski definition) is 0. The van der Waals surface area contributed by atoms with Crippen LogP contribution in [-0.2, 0) is 5.41 Å². The van der Waals surface area contributed by atoms with Crippen LogP contribution in [0.4, 0.5) is 0 Å². The number of aromatic nitrogens is 2. The molecule has 288 valence electrons. The third-order valence-corrected chi connectivity index (χ3v) is 13.4. The first-order valence-electron chi connectivity index (χ1n) is 21.6. The summed E-state index contributed by atoms with van der Waals surface area (Å²) in [6.45, 7) is 0. The maximum atomic E-state index is 5.25. The molecule has 61 heavy (non-hydrogen) atoms. The van der Waals surface area contributed by atoms with Crippen molar-refractivity contribution < 1.29 is 0 Å². The molecule has 0 unspecified atom stereocenters. The largest absolute Gasteiger partial charge is 0.228 e. The van der Waals surface area contributed by atoms with Crippen LogP contribution in [0, 0.1) is 0 Å². The van der Waals surface area contributed by atoms with Crippen molar-refractivity contribution in [1.29, 1.82) is 0 Å². The van der Waals surface area contributed by atoms with Gasteiger partial charge in [0.25, 0.3) is 0 Å². The van der Waals surface area contributed by atoms with Crippen molar-refractivity contribution in [3.63, 3.8) is 0 Å². The van der Waals surface area contributed by atoms with Gasteiger partial charge >= 0.3 is 0 Å². The first-order valence-corrected chi connectivity index (χ1v) is 21.6. The monoisotopic (exact) mass is 778 g/mol. The standard InChI is InChI=1S/C59H42N2/c1-5-17-39(18-6-1)54-38-55(61-58(60-54)42-23-11-4-12-24-42)45-29-32-49-51(36-45)57(41-21-9-3-10-22-41)48-31-28-43(35-50(48)56(49)40-19-7-2-8-20-40)44-27-30-47-46-25-13-14-26-52(46)59(53(47)37-44)33-15-16-34-59/h1-14,17-32,35-38H,15-16,33-34H2. The Bertz CT molecular complexity index is 3220. The van der Waals surface area contributed by atoms with Gasteiger partial charge < -0.3 is 0 Å². The van der Waals surface area contributed by atoms with E-state index in [0.717, 1.165) is 28.1 Å². The Morgan fingerprint density at radius 2 is 0.770 bits per heavy atom. The van der Waals surface area contributed by atoms with E-state index in [9.17, 15) is 0 Å². The number of nitrogens with zero attached hydrogens (tertiary/aromatic N) is 2. The van der Waals surface area contributed by atoms with E-state index >= 15 is 0 Å². The van der Waals surface area contributed by atoms with Gasteiger partial charge in [-0.2, -0.15) is 0 Å². The van der Waals surface area contributed by atoms with Crippen LogP contribution in [-0.4, -0.2) is 9.97 Å². The van der Waals surface area contributed by atoms with Crippen LogP contribution in [0.15, 0.2) is 206 Å². The summed E-state index contributed by atoms with van der Waals surface area (Å²) < 4.78 is 0. The van der Waals surface area contributed by atoms with Crippen LogP contribution in [0.2, 0.25) is 0 Å². The zero-order valence-corrected chi connectivity index (χ0v) is 33.9. The molecule has 0 bridgehead atoms. The van der Waals surface area contributed by atoms with E-state index in [1.54, 1.807) is 0 Å². The quantitative estimate of drug-likeness (QED) is 0.157. The smallest absolute Gasteiger partial charge is 0.160 e. The normalized spacial score (nSPS) is 13.8. The van der Waals surface area contributed by atoms with E-state index in [0.29, 0.717) is 5.82 Å². The lowest BCUT2D eigenvalue weighted by Crippen LogP contribution is -2.20. The highest BCUT2D eigenvalue weighted by molar-refractivity contribution is 6.22. The molecule has 1 fully saturated rings. The molecule has 1 heterocycles. The Labute approximate surface area is 356 Å². The lowest BCUT2D eigenvalue weighted by Gasteiger charge is -2.27. The minimum Gasteiger partial charge on any atom is -0.228 e. The van der Waals surface area contributed by atoms with Crippen molar-refractivity contribution in [3.05, 3.63) is 217 Å². The van der Waals surface area contributed by atoms with Gasteiger partial charge in [-0.25, -0.2) is 9.97 Å². The van der Waals surface area contributed by atoms with Crippen molar-refractivity contribution >= 4 is 21.5 Å². The molecule has 1 spiro atoms. The average Bonchev–Trinajstić information content (AvgIpc) is 3.94. The summed E-state index contributed by atoms with van der Waals surface area (Å²) in [5.74, 6) is 0.714. The summed E-state index contributed by atoms with van der Waals surface area (Å²) in [6.07, 6.45) is 5.01. The average molecular weight is 779 g/mol. The highest BCUT2D eigenvalue weighted by Gasteiger charge is 2.44. The van der Waals surface area contributed by atoms with Crippen LogP contribution in [0.25, 0.3) is 100.0 Å². The van der Waals surface area contributed by atoms with E-state index in [-0.39, 0.29) is 5.41 Å². The maximum absolute atomic E-state index is 5.25. The molecule has 2 nitrogen and oxygen atoms in total. The lowest BCUT2D eigenvalue weighted by molar-refractivity contribution is 0.550. The summed E-state index contributed by atoms with van der Waals surface area (Å²) in [4.78, 5) is 10.3. The molecule has 1 aromatic heterocycles. The number of benzene rings is 9. The fourth-order valence-electron chi connectivity index (χ4n) is 10.6. The first kappa shape index (κ1) is 35.5. The van der Waals surface area contributed by atoms with Gasteiger partial charge in [0.05, 0.1) is 11.4 Å². The Hall–Kier alpha value is -7.42. The molecule has 2 aliphatic carbocycles. The van der Waals surface area contributed by atoms with Crippen LogP contribution in [0.3, 0.4) is 0 Å². The van der Waals surface area contributed by atoms with Gasteiger partial charge in [0.15, 0.2) is 5.82 Å². The number of rotatable bonds is 6. The van der Waals surface area contributed by atoms with Gasteiger partial charge in [-0.3, -0.25) is 0 Å². The second-order valence-electron chi connectivity index (χ2n) is 16.8. The molecule has 0 N–H and O–H groups in total. The highest BCUT2D eigenvalue weighted by atomic mass is 14.9. The van der Waals surface area contributed by atoms with E-state index in [1.807, 2.05) is 24.3 Å². The molecule has 0 aliphatic heterocycles. The summed E-state index contributed by atoms with van der Waals surface area (Å²) in [5.41, 5.74) is 18.3. The molecular formula is C59H42N2. The van der Waals surface area contributed by atoms with Gasteiger partial charge in [-0.15, -0.1) is 0 Å². The molecule has 1 saturated carbocycles. The van der Waals surface area contributed by atoms with Crippen molar-refractivity contribution in [2.75, 3.05) is 0 Å². The van der Waals surface area contributed by atoms with Crippen molar-refractivity contribution in [2.45, 2.75) is 31.1 Å². The van der Waals surface area contributed by atoms with Crippen LogP contribution >= 0.6 is 0 Å². The molecule has 0 radical (unpaired) electrons. The Morgan fingerprint density at radius 1 is 0.311 bits per heavy atom. The van der Waals surface area contributed by atoms with Gasteiger partial charge in [0, 0.05) is 22.1 Å². The van der Waals surface area contributed by atoms with E-state index in [1.165, 1.54) is 103 Å². The molecule has 2 heteroatoms. The summed E-state index contributed by atoms with van der Waals surface area (Å²) >= 11 is 0. The third-order valence-electron chi connectivity index (χ3n) is 13.4. The van der Waals surface area contributed by atoms with Crippen LogP contribution in [0.5, 0.6) is 0 Å². The Morgan fingerprint density at radius 3 is 1.39 bits per heavy atom. The zero-order chi connectivity index (χ0) is 40.3. The van der Waals surface area contributed by atoms with Crippen LogP contribution in [0.1, 0.15) is 36.8 Å². The van der Waals surface area contributed by atoms with Crippen LogP contribution < -0.4 is 0 Å².